The Morgan fingerprint density at radius 3 is 2.80 bits per heavy atom. The average Bonchev–Trinajstić information content (AvgIpc) is 2.45. The van der Waals surface area contributed by atoms with E-state index in [1.165, 1.54) is 31.0 Å². The SMILES string of the molecule is C=C1NC(SCC(C)=O)=NC(C2CCCCC2)=C1C#N. The summed E-state index contributed by atoms with van der Waals surface area (Å²) in [6.07, 6.45) is 5.82. The molecule has 1 aliphatic carbocycles. The van der Waals surface area contributed by atoms with Gasteiger partial charge in [-0.2, -0.15) is 5.26 Å². The van der Waals surface area contributed by atoms with Gasteiger partial charge in [-0.1, -0.05) is 37.6 Å². The number of Topliss-reactive ketones (excluding diaryl/α,β-unsaturated/α-hetero) is 1. The van der Waals surface area contributed by atoms with Crippen LogP contribution in [0.25, 0.3) is 0 Å². The molecule has 5 heteroatoms. The van der Waals surface area contributed by atoms with E-state index in [1.54, 1.807) is 6.92 Å². The van der Waals surface area contributed by atoms with Gasteiger partial charge in [0.15, 0.2) is 5.17 Å². The van der Waals surface area contributed by atoms with Gasteiger partial charge in [0.1, 0.15) is 11.9 Å². The predicted molar refractivity (Wildman–Crippen MR) is 82.1 cm³/mol. The first kappa shape index (κ1) is 14.9. The minimum absolute atomic E-state index is 0.111. The summed E-state index contributed by atoms with van der Waals surface area (Å²) < 4.78 is 0. The third kappa shape index (κ3) is 3.51. The van der Waals surface area contributed by atoms with Crippen molar-refractivity contribution in [2.45, 2.75) is 39.0 Å². The Hall–Kier alpha value is -1.54. The van der Waals surface area contributed by atoms with Crippen LogP contribution in [0, 0.1) is 17.2 Å². The van der Waals surface area contributed by atoms with Crippen molar-refractivity contribution in [3.05, 3.63) is 23.5 Å². The molecule has 0 radical (unpaired) electrons. The third-order valence-electron chi connectivity index (χ3n) is 3.55. The number of nitrogens with zero attached hydrogens (tertiary/aromatic N) is 2. The van der Waals surface area contributed by atoms with E-state index in [0.29, 0.717) is 28.1 Å². The second kappa shape index (κ2) is 6.76. The maximum absolute atomic E-state index is 11.1. The number of thioether (sulfide) groups is 1. The topological polar surface area (TPSA) is 65.2 Å². The van der Waals surface area contributed by atoms with Crippen molar-refractivity contribution in [3.63, 3.8) is 0 Å². The monoisotopic (exact) mass is 289 g/mol. The molecule has 1 fully saturated rings. The molecule has 2 aliphatic rings. The van der Waals surface area contributed by atoms with Gasteiger partial charge in [0, 0.05) is 5.92 Å². The molecule has 0 aromatic heterocycles. The zero-order valence-corrected chi connectivity index (χ0v) is 12.6. The van der Waals surface area contributed by atoms with Crippen molar-refractivity contribution in [2.24, 2.45) is 10.9 Å². The van der Waals surface area contributed by atoms with Gasteiger partial charge in [-0.15, -0.1) is 0 Å². The molecule has 1 N–H and O–H groups in total. The smallest absolute Gasteiger partial charge is 0.166 e. The van der Waals surface area contributed by atoms with Crippen molar-refractivity contribution in [1.29, 1.82) is 5.26 Å². The summed E-state index contributed by atoms with van der Waals surface area (Å²) in [5.41, 5.74) is 2.04. The zero-order chi connectivity index (χ0) is 14.5. The summed E-state index contributed by atoms with van der Waals surface area (Å²) in [5.74, 6) is 0.850. The third-order valence-corrected chi connectivity index (χ3v) is 4.57. The maximum Gasteiger partial charge on any atom is 0.166 e. The van der Waals surface area contributed by atoms with Crippen LogP contribution in [0.4, 0.5) is 0 Å². The van der Waals surface area contributed by atoms with E-state index < -0.39 is 0 Å². The van der Waals surface area contributed by atoms with E-state index in [0.717, 1.165) is 18.5 Å². The van der Waals surface area contributed by atoms with Crippen LogP contribution >= 0.6 is 11.8 Å². The molecule has 0 saturated heterocycles. The van der Waals surface area contributed by atoms with E-state index in [4.69, 9.17) is 0 Å². The van der Waals surface area contributed by atoms with Gasteiger partial charge in [-0.25, -0.2) is 4.99 Å². The van der Waals surface area contributed by atoms with Crippen LogP contribution in [0.3, 0.4) is 0 Å². The number of nitriles is 1. The number of amidine groups is 1. The van der Waals surface area contributed by atoms with Crippen LogP contribution in [0.2, 0.25) is 0 Å². The van der Waals surface area contributed by atoms with Gasteiger partial charge < -0.3 is 5.32 Å². The predicted octanol–water partition coefficient (Wildman–Crippen LogP) is 3.14. The Labute approximate surface area is 124 Å². The van der Waals surface area contributed by atoms with Crippen molar-refractivity contribution in [2.75, 3.05) is 5.75 Å². The highest BCUT2D eigenvalue weighted by atomic mass is 32.2. The fraction of sp³-hybridized carbons (Fsp3) is 0.533. The fourth-order valence-electron chi connectivity index (χ4n) is 2.57. The van der Waals surface area contributed by atoms with Crippen LogP contribution in [0.1, 0.15) is 39.0 Å². The lowest BCUT2D eigenvalue weighted by molar-refractivity contribution is -0.114. The molecular weight excluding hydrogens is 270 g/mol. The Bertz CT molecular complexity index is 522. The second-order valence-electron chi connectivity index (χ2n) is 5.22. The molecule has 1 heterocycles. The molecule has 20 heavy (non-hydrogen) atoms. The van der Waals surface area contributed by atoms with Crippen molar-refractivity contribution >= 4 is 22.7 Å². The quantitative estimate of drug-likeness (QED) is 0.867. The first-order chi connectivity index (χ1) is 9.61. The van der Waals surface area contributed by atoms with Gasteiger partial charge >= 0.3 is 0 Å². The fourth-order valence-corrected chi connectivity index (χ4v) is 3.27. The van der Waals surface area contributed by atoms with Gasteiger partial charge in [0.2, 0.25) is 0 Å². The molecule has 0 spiro atoms. The van der Waals surface area contributed by atoms with Gasteiger partial charge in [0.05, 0.1) is 22.7 Å². The van der Waals surface area contributed by atoms with Crippen LogP contribution < -0.4 is 5.32 Å². The van der Waals surface area contributed by atoms with Gasteiger partial charge in [-0.05, 0) is 19.8 Å². The lowest BCUT2D eigenvalue weighted by atomic mass is 9.85. The van der Waals surface area contributed by atoms with Crippen LogP contribution in [0.5, 0.6) is 0 Å². The number of carbonyl (C=O) groups is 1. The van der Waals surface area contributed by atoms with Crippen molar-refractivity contribution in [3.8, 4) is 6.07 Å². The summed E-state index contributed by atoms with van der Waals surface area (Å²) in [7, 11) is 0. The minimum atomic E-state index is 0.111. The number of hydrogen-bond acceptors (Lipinski definition) is 5. The number of carbonyl (C=O) groups excluding carboxylic acids is 1. The number of ketones is 1. The Kier molecular flexibility index (Phi) is 5.02. The zero-order valence-electron chi connectivity index (χ0n) is 11.7. The van der Waals surface area contributed by atoms with Crippen LogP contribution in [-0.2, 0) is 4.79 Å². The summed E-state index contributed by atoms with van der Waals surface area (Å²) in [4.78, 5) is 15.7. The maximum atomic E-state index is 11.1. The van der Waals surface area contributed by atoms with E-state index >= 15 is 0 Å². The highest BCUT2D eigenvalue weighted by Gasteiger charge is 2.26. The molecule has 1 aliphatic heterocycles. The molecule has 0 amide bonds. The number of nitrogens with one attached hydrogen (secondary N) is 1. The summed E-state index contributed by atoms with van der Waals surface area (Å²) in [5, 5.41) is 13.0. The van der Waals surface area contributed by atoms with Crippen molar-refractivity contribution < 1.29 is 4.79 Å². The number of hydrogen-bond donors (Lipinski definition) is 1. The molecule has 0 aromatic carbocycles. The average molecular weight is 289 g/mol. The van der Waals surface area contributed by atoms with Crippen LogP contribution in [0.15, 0.2) is 28.5 Å². The number of aliphatic imine (C=N–C) groups is 1. The second-order valence-corrected chi connectivity index (χ2v) is 6.18. The molecule has 0 unspecified atom stereocenters. The normalized spacial score (nSPS) is 20.2. The molecule has 1 saturated carbocycles. The summed E-state index contributed by atoms with van der Waals surface area (Å²) in [6.45, 7) is 5.48. The molecule has 0 bridgehead atoms. The van der Waals surface area contributed by atoms with Gasteiger partial charge in [0.25, 0.3) is 0 Å². The lowest BCUT2D eigenvalue weighted by Gasteiger charge is -2.27. The summed E-state index contributed by atoms with van der Waals surface area (Å²) in [6, 6.07) is 2.22. The van der Waals surface area contributed by atoms with Crippen molar-refractivity contribution in [1.82, 2.24) is 5.32 Å². The van der Waals surface area contributed by atoms with E-state index in [-0.39, 0.29) is 5.78 Å². The highest BCUT2D eigenvalue weighted by Crippen LogP contribution is 2.35. The molecule has 4 nitrogen and oxygen atoms in total. The van der Waals surface area contributed by atoms with E-state index in [1.807, 2.05) is 0 Å². The van der Waals surface area contributed by atoms with Crippen LogP contribution in [-0.4, -0.2) is 16.7 Å². The highest BCUT2D eigenvalue weighted by molar-refractivity contribution is 8.14. The molecule has 106 valence electrons. The van der Waals surface area contributed by atoms with Gasteiger partial charge in [-0.3, -0.25) is 4.79 Å². The Morgan fingerprint density at radius 2 is 2.20 bits per heavy atom. The minimum Gasteiger partial charge on any atom is -0.334 e. The van der Waals surface area contributed by atoms with E-state index in [2.05, 4.69) is 23.0 Å². The Balaban J connectivity index is 2.24. The Morgan fingerprint density at radius 1 is 1.50 bits per heavy atom. The number of rotatable bonds is 3. The largest absolute Gasteiger partial charge is 0.334 e. The summed E-state index contributed by atoms with van der Waals surface area (Å²) >= 11 is 1.37. The first-order valence-corrected chi connectivity index (χ1v) is 7.92. The molecule has 0 atom stereocenters. The van der Waals surface area contributed by atoms with E-state index in [9.17, 15) is 10.1 Å². The standard InChI is InChI=1S/C15H19N3OS/c1-10(19)9-20-15-17-11(2)13(8-16)14(18-15)12-6-4-3-5-7-12/h12H,2-7,9H2,1H3,(H,17,18). The first-order valence-electron chi connectivity index (χ1n) is 6.93. The molecule has 2 rings (SSSR count). The number of allylic oxidation sites excluding steroid dienone is 2. The lowest BCUT2D eigenvalue weighted by Crippen LogP contribution is -2.27. The molecule has 0 aromatic rings. The molecular formula is C15H19N3OS.